The van der Waals surface area contributed by atoms with Gasteiger partial charge in [0, 0.05) is 85.3 Å². The Balaban J connectivity index is -0.000000884. The first-order valence-corrected chi connectivity index (χ1v) is 43.1. The predicted octanol–water partition coefficient (Wildman–Crippen LogP) is 4.03. The second kappa shape index (κ2) is 32.3. The molecule has 0 saturated carbocycles. The molecule has 0 spiro atoms. The molecule has 0 radical (unpaired) electrons. The van der Waals surface area contributed by atoms with E-state index >= 15 is 0 Å². The third-order valence-electron chi connectivity index (χ3n) is 7.36. The van der Waals surface area contributed by atoms with Gasteiger partial charge in [0.1, 0.15) is 0 Å². The third kappa shape index (κ3) is 27.9. The highest BCUT2D eigenvalue weighted by atomic mass is 28.5. The Labute approximate surface area is 393 Å². The molecule has 0 aliphatic heterocycles. The minimum atomic E-state index is -2.95. The smallest absolute Gasteiger partial charge is 0.416 e. The molecule has 0 aromatic heterocycles. The Kier molecular flexibility index (Phi) is 34.8. The lowest BCUT2D eigenvalue weighted by Gasteiger charge is -2.39. The quantitative estimate of drug-likeness (QED) is 0.0662. The van der Waals surface area contributed by atoms with Crippen molar-refractivity contribution in [2.75, 3.05) is 85.3 Å². The molecule has 0 rings (SSSR count). The fraction of sp³-hybridized carbons (Fsp3) is 0.742. The van der Waals surface area contributed by atoms with Crippen molar-refractivity contribution in [2.24, 2.45) is 0 Å². The molecule has 0 N–H and O–H groups in total. The van der Waals surface area contributed by atoms with E-state index in [1.54, 1.807) is 51.2 Å². The normalized spacial score (nSPS) is 13.9. The monoisotopic (exact) mass is 1100 g/mol. The molecule has 32 heteroatoms. The average molecular weight is 1100 g/mol. The van der Waals surface area contributed by atoms with Crippen LogP contribution in [0.2, 0.25) is 65.5 Å². The van der Waals surface area contributed by atoms with Crippen LogP contribution in [0.25, 0.3) is 0 Å². The minimum Gasteiger partial charge on any atom is -0.416 e. The summed E-state index contributed by atoms with van der Waals surface area (Å²) in [5.74, 6) is 0. The Morgan fingerprint density at radius 2 is 0.635 bits per heavy atom. The molecule has 0 aliphatic rings. The van der Waals surface area contributed by atoms with Gasteiger partial charge in [-0.1, -0.05) is 25.4 Å². The molecule has 0 heterocycles. The lowest BCUT2D eigenvalue weighted by Crippen LogP contribution is -2.60. The van der Waals surface area contributed by atoms with E-state index in [0.29, 0.717) is 0 Å². The number of methoxy groups -OCH3 is 2. The van der Waals surface area contributed by atoms with Gasteiger partial charge in [0.2, 0.25) is 0 Å². The van der Waals surface area contributed by atoms with Crippen LogP contribution in [-0.4, -0.2) is 189 Å². The zero-order chi connectivity index (χ0) is 50.0. The highest BCUT2D eigenvalue weighted by Gasteiger charge is 2.51. The van der Waals surface area contributed by atoms with Crippen LogP contribution in [0, 0.1) is 0 Å². The highest BCUT2D eigenvalue weighted by molar-refractivity contribution is 6.88. The van der Waals surface area contributed by atoms with Crippen molar-refractivity contribution in [3.63, 3.8) is 0 Å². The first-order valence-electron chi connectivity index (χ1n) is 19.2. The molecule has 376 valence electrons. The lowest BCUT2D eigenvalue weighted by atomic mass is 11.2. The summed E-state index contributed by atoms with van der Waals surface area (Å²) in [5, 5.41) is 0. The van der Waals surface area contributed by atoms with Gasteiger partial charge >= 0.3 is 97.6 Å². The zero-order valence-corrected chi connectivity index (χ0v) is 53.5. The van der Waals surface area contributed by atoms with Gasteiger partial charge in [0.25, 0.3) is 6.48 Å². The Bertz CT molecular complexity index is 1200. The Hall–Kier alpha value is 0.506. The third-order valence-corrected chi connectivity index (χ3v) is 41.1. The van der Waals surface area contributed by atoms with Gasteiger partial charge in [-0.25, -0.2) is 0 Å². The van der Waals surface area contributed by atoms with Crippen molar-refractivity contribution in [1.29, 1.82) is 0 Å². The summed E-state index contributed by atoms with van der Waals surface area (Å²) in [6.07, 6.45) is 0. The molecule has 0 aromatic carbocycles. The summed E-state index contributed by atoms with van der Waals surface area (Å²) in [4.78, 5) is 0. The maximum Gasteiger partial charge on any atom is 0.519 e. The van der Waals surface area contributed by atoms with Crippen LogP contribution in [0.3, 0.4) is 0 Å². The molecule has 0 aromatic rings. The minimum absolute atomic E-state index is 0.802. The number of ether oxygens (including phenoxy) is 2. The van der Waals surface area contributed by atoms with Crippen molar-refractivity contribution in [1.82, 2.24) is 0 Å². The van der Waals surface area contributed by atoms with Gasteiger partial charge in [-0.3, -0.25) is 0 Å². The van der Waals surface area contributed by atoms with Crippen LogP contribution >= 0.6 is 0 Å². The van der Waals surface area contributed by atoms with Crippen molar-refractivity contribution in [2.45, 2.75) is 71.9 Å². The Morgan fingerprint density at radius 3 is 0.841 bits per heavy atom. The van der Waals surface area contributed by atoms with E-state index in [9.17, 15) is 0 Å². The van der Waals surface area contributed by atoms with Crippen LogP contribution in [0.15, 0.2) is 49.1 Å². The second-order valence-electron chi connectivity index (χ2n) is 14.5. The molecule has 1 unspecified atom stereocenters. The van der Waals surface area contributed by atoms with E-state index in [4.69, 9.17) is 91.1 Å². The van der Waals surface area contributed by atoms with Gasteiger partial charge in [0.05, 0.1) is 0 Å². The van der Waals surface area contributed by atoms with E-state index < -0.39 is 104 Å². The van der Waals surface area contributed by atoms with Crippen LogP contribution in [0.5, 0.6) is 0 Å². The van der Waals surface area contributed by atoms with Crippen LogP contribution in [0.4, 0.5) is 0 Å². The van der Waals surface area contributed by atoms with E-state index in [2.05, 4.69) is 26.3 Å². The second-order valence-corrected chi connectivity index (χ2v) is 47.3. The topological polar surface area (TPSA) is 194 Å². The van der Waals surface area contributed by atoms with Gasteiger partial charge in [0.15, 0.2) is 0 Å². The molecule has 0 fully saturated rings. The van der Waals surface area contributed by atoms with Crippen LogP contribution < -0.4 is 0 Å². The molecule has 0 bridgehead atoms. The van der Waals surface area contributed by atoms with Crippen LogP contribution in [0.1, 0.15) is 0 Å². The average Bonchev–Trinajstić information content (AvgIpc) is 3.23. The molecule has 21 nitrogen and oxygen atoms in total. The predicted molar refractivity (Wildman–Crippen MR) is 265 cm³/mol. The summed E-state index contributed by atoms with van der Waals surface area (Å²) >= 11 is 0. The van der Waals surface area contributed by atoms with Crippen molar-refractivity contribution in [3.8, 4) is 0 Å². The maximum absolute atomic E-state index is 6.25. The van der Waals surface area contributed by atoms with Crippen molar-refractivity contribution < 1.29 is 91.1 Å². The molecule has 63 heavy (non-hydrogen) atoms. The van der Waals surface area contributed by atoms with Gasteiger partial charge in [-0.15, -0.1) is 6.58 Å². The Morgan fingerprint density at radius 1 is 0.365 bits per heavy atom. The largest absolute Gasteiger partial charge is 0.519 e. The first kappa shape index (κ1) is 67.8. The van der Waals surface area contributed by atoms with E-state index in [0.717, 1.165) is 0 Å². The summed E-state index contributed by atoms with van der Waals surface area (Å²) in [6.45, 7) is 33.3. The molecular weight excluding hydrogens is 1020 g/mol. The van der Waals surface area contributed by atoms with E-state index in [1.807, 2.05) is 65.5 Å². The maximum atomic E-state index is 6.25. The SMILES string of the molecule is C=C[SiH](OC(OC)OC)O[Si](C)(C)O[Si](C)(C)O[Si](C=C)(OC)OC.C=C[Si](OC)(OC)O[Si](C)(C)O[Si](C)(C)O[Si](C=C)(OC)OC.CO[SiH](OC)O[Si](C)(C)O[SiH](OC)OC. The summed E-state index contributed by atoms with van der Waals surface area (Å²) in [6, 6.07) is 0. The van der Waals surface area contributed by atoms with Crippen molar-refractivity contribution in [3.05, 3.63) is 49.1 Å². The standard InChI is InChI=1S/C13H32O8Si4.C12H30O7Si4.C6H20O6Si3/c1-11-22(18-13(14-3)15-4)19-23(7,8)20-24(9,10)21-25(12-2,16-5)17-6;1-11-22(13-3,14-4)18-20(7,8)17-21(9,10)19-23(12-2,15-5)16-6;1-7-13(8-2)11-15(5,6)12-14(9-3)10-4/h11-13,22H,1-2H2,3-10H3;11-12H,1-2H2,3-10H3;13-14H,1-6H3. The lowest BCUT2D eigenvalue weighted by molar-refractivity contribution is -0.225. The van der Waals surface area contributed by atoms with E-state index in [-0.39, 0.29) is 0 Å². The molecule has 0 saturated heterocycles. The van der Waals surface area contributed by atoms with Crippen molar-refractivity contribution >= 4 is 97.6 Å². The number of hydrogen-bond acceptors (Lipinski definition) is 21. The molecule has 0 aliphatic carbocycles. The highest BCUT2D eigenvalue weighted by Crippen LogP contribution is 2.26. The fourth-order valence-corrected chi connectivity index (χ4v) is 39.2. The molecule has 0 amide bonds. The van der Waals surface area contributed by atoms with Gasteiger partial charge in [-0.2, -0.15) is 0 Å². The zero-order valence-electron chi connectivity index (χ0n) is 42.0. The number of rotatable bonds is 34. The molecule has 1 atom stereocenters. The summed E-state index contributed by atoms with van der Waals surface area (Å²) in [5.41, 5.74) is 6.37. The van der Waals surface area contributed by atoms with Gasteiger partial charge in [-0.05, 0) is 82.6 Å². The van der Waals surface area contributed by atoms with Crippen LogP contribution in [-0.2, 0) is 91.1 Å². The van der Waals surface area contributed by atoms with Gasteiger partial charge < -0.3 is 91.1 Å². The summed E-state index contributed by atoms with van der Waals surface area (Å²) in [7, 11) is -9.50. The number of hydrogen-bond donors (Lipinski definition) is 0. The summed E-state index contributed by atoms with van der Waals surface area (Å²) < 4.78 is 117. The first-order chi connectivity index (χ1) is 29.0. The van der Waals surface area contributed by atoms with E-state index in [1.165, 1.54) is 56.9 Å². The fourth-order valence-electron chi connectivity index (χ4n) is 5.03. The molecular formula is C31H82O21Si11.